The van der Waals surface area contributed by atoms with Crippen LogP contribution in [0.15, 0.2) is 41.8 Å². The molecule has 1 unspecified atom stereocenters. The van der Waals surface area contributed by atoms with E-state index in [4.69, 9.17) is 0 Å². The second-order valence-corrected chi connectivity index (χ2v) is 10.1. The molecule has 0 spiro atoms. The number of ether oxygens (including phenoxy) is 1. The van der Waals surface area contributed by atoms with Gasteiger partial charge in [0.25, 0.3) is 0 Å². The van der Waals surface area contributed by atoms with E-state index in [-0.39, 0.29) is 29.1 Å². The predicted octanol–water partition coefficient (Wildman–Crippen LogP) is 4.90. The van der Waals surface area contributed by atoms with E-state index in [9.17, 15) is 20.3 Å². The van der Waals surface area contributed by atoms with Gasteiger partial charge in [-0.2, -0.15) is 5.26 Å². The van der Waals surface area contributed by atoms with Crippen LogP contribution in [0.2, 0.25) is 0 Å². The number of nitriles is 1. The zero-order valence-corrected chi connectivity index (χ0v) is 19.7. The highest BCUT2D eigenvalue weighted by Crippen LogP contribution is 2.49. The third-order valence-electron chi connectivity index (χ3n) is 7.28. The summed E-state index contributed by atoms with van der Waals surface area (Å²) in [5, 5.41) is 33.2. The zero-order valence-electron chi connectivity index (χ0n) is 18.9. The first-order valence-corrected chi connectivity index (χ1v) is 12.6. The van der Waals surface area contributed by atoms with E-state index in [1.807, 2.05) is 24.3 Å². The summed E-state index contributed by atoms with van der Waals surface area (Å²) in [5.74, 6) is -0.383. The highest BCUT2D eigenvalue weighted by molar-refractivity contribution is 7.10. The van der Waals surface area contributed by atoms with Gasteiger partial charge in [-0.3, -0.25) is 4.79 Å². The van der Waals surface area contributed by atoms with E-state index >= 15 is 0 Å². The molecule has 2 aliphatic carbocycles. The largest absolute Gasteiger partial charge is 0.469 e. The molecule has 0 aliphatic heterocycles. The van der Waals surface area contributed by atoms with Crippen LogP contribution in [0.1, 0.15) is 62.7 Å². The number of aliphatic hydroxyl groups excluding tert-OH is 2. The standard InChI is InChI=1S/C26H35NO4S/c1-31-25(30)13-5-3-2-4-9-20-19(18-27)17-22(28)21(20)10-6-11-23(29)26(14-8-15-26)24-12-7-16-32-24/h2,4,6-7,10,12,16,19-23,28-29H,3,5,8-9,11,13-15,17H2,1H3/b4-2+,10-6+/t19-,20-,21+,22+,23?/m0/s1. The Kier molecular flexibility index (Phi) is 9.10. The predicted molar refractivity (Wildman–Crippen MR) is 126 cm³/mol. The van der Waals surface area contributed by atoms with Gasteiger partial charge >= 0.3 is 5.97 Å². The number of nitrogens with zero attached hydrogens (tertiary/aromatic N) is 1. The summed E-state index contributed by atoms with van der Waals surface area (Å²) in [6, 6.07) is 6.55. The molecule has 3 rings (SSSR count). The van der Waals surface area contributed by atoms with Crippen LogP contribution < -0.4 is 0 Å². The number of allylic oxidation sites excluding steroid dienone is 2. The lowest BCUT2D eigenvalue weighted by molar-refractivity contribution is -0.140. The van der Waals surface area contributed by atoms with Crippen LogP contribution in [0.5, 0.6) is 0 Å². The molecule has 1 heterocycles. The summed E-state index contributed by atoms with van der Waals surface area (Å²) in [5.41, 5.74) is -0.117. The van der Waals surface area contributed by atoms with E-state index in [1.165, 1.54) is 12.0 Å². The lowest BCUT2D eigenvalue weighted by atomic mass is 9.63. The van der Waals surface area contributed by atoms with Gasteiger partial charge in [0.1, 0.15) is 0 Å². The average Bonchev–Trinajstić information content (AvgIpc) is 3.38. The molecule has 2 fully saturated rings. The second kappa shape index (κ2) is 11.8. The van der Waals surface area contributed by atoms with Gasteiger partial charge in [0.2, 0.25) is 0 Å². The number of thiophene rings is 1. The summed E-state index contributed by atoms with van der Waals surface area (Å²) in [4.78, 5) is 12.4. The van der Waals surface area contributed by atoms with E-state index < -0.39 is 12.2 Å². The number of methoxy groups -OCH3 is 1. The van der Waals surface area contributed by atoms with Crippen molar-refractivity contribution in [3.63, 3.8) is 0 Å². The van der Waals surface area contributed by atoms with Gasteiger partial charge in [-0.25, -0.2) is 0 Å². The SMILES string of the molecule is COC(=O)CCC/C=C/C[C@@H]1[C@@H](/C=C/CC(O)C2(c3cccs3)CCC2)[C@H](O)C[C@H]1C#N. The van der Waals surface area contributed by atoms with Crippen molar-refractivity contribution in [2.45, 2.75) is 75.4 Å². The topological polar surface area (TPSA) is 90.6 Å². The van der Waals surface area contributed by atoms with Gasteiger partial charge in [-0.15, -0.1) is 11.3 Å². The molecule has 5 nitrogen and oxygen atoms in total. The quantitative estimate of drug-likeness (QED) is 0.280. The second-order valence-electron chi connectivity index (χ2n) is 9.12. The number of esters is 1. The summed E-state index contributed by atoms with van der Waals surface area (Å²) in [7, 11) is 1.40. The van der Waals surface area contributed by atoms with Crippen molar-refractivity contribution in [2.24, 2.45) is 17.8 Å². The fraction of sp³-hybridized carbons (Fsp3) is 0.615. The Bertz CT molecular complexity index is 821. The molecule has 5 atom stereocenters. The minimum Gasteiger partial charge on any atom is -0.469 e. The molecule has 2 saturated carbocycles. The molecule has 32 heavy (non-hydrogen) atoms. The molecule has 2 N–H and O–H groups in total. The number of hydrogen-bond donors (Lipinski definition) is 2. The van der Waals surface area contributed by atoms with E-state index in [1.54, 1.807) is 11.3 Å². The van der Waals surface area contributed by atoms with Crippen LogP contribution in [0.25, 0.3) is 0 Å². The van der Waals surface area contributed by atoms with Crippen LogP contribution in [-0.2, 0) is 14.9 Å². The summed E-state index contributed by atoms with van der Waals surface area (Å²) in [6.07, 6.45) is 14.1. The Hall–Kier alpha value is -1.94. The molecule has 1 aromatic rings. The summed E-state index contributed by atoms with van der Waals surface area (Å²) < 4.78 is 4.65. The highest BCUT2D eigenvalue weighted by atomic mass is 32.1. The molecule has 0 saturated heterocycles. The number of aliphatic hydroxyl groups is 2. The molecular weight excluding hydrogens is 422 g/mol. The Morgan fingerprint density at radius 2 is 2.22 bits per heavy atom. The molecule has 6 heteroatoms. The van der Waals surface area contributed by atoms with Crippen molar-refractivity contribution in [1.29, 1.82) is 5.26 Å². The third-order valence-corrected chi connectivity index (χ3v) is 8.37. The number of unbranched alkanes of at least 4 members (excludes halogenated alkanes) is 1. The molecule has 0 aromatic carbocycles. The van der Waals surface area contributed by atoms with Crippen molar-refractivity contribution >= 4 is 17.3 Å². The number of carbonyl (C=O) groups is 1. The minimum atomic E-state index is -0.527. The molecule has 0 radical (unpaired) electrons. The normalized spacial score (nSPS) is 27.9. The zero-order chi connectivity index (χ0) is 23.0. The van der Waals surface area contributed by atoms with Crippen LogP contribution in [0, 0.1) is 29.1 Å². The van der Waals surface area contributed by atoms with Crippen molar-refractivity contribution in [3.05, 3.63) is 46.7 Å². The number of carbonyl (C=O) groups excluding carboxylic acids is 1. The van der Waals surface area contributed by atoms with Gasteiger partial charge in [0.05, 0.1) is 31.3 Å². The molecule has 0 bridgehead atoms. The van der Waals surface area contributed by atoms with Crippen LogP contribution in [-0.4, -0.2) is 35.5 Å². The Morgan fingerprint density at radius 1 is 1.41 bits per heavy atom. The molecule has 1 aromatic heterocycles. The highest BCUT2D eigenvalue weighted by Gasteiger charge is 2.45. The third kappa shape index (κ3) is 5.70. The Balaban J connectivity index is 1.55. The van der Waals surface area contributed by atoms with Gasteiger partial charge in [-0.1, -0.05) is 36.8 Å². The Morgan fingerprint density at radius 3 is 2.84 bits per heavy atom. The minimum absolute atomic E-state index is 0.0650. The van der Waals surface area contributed by atoms with Crippen molar-refractivity contribution < 1.29 is 19.7 Å². The molecular formula is C26H35NO4S. The fourth-order valence-corrected chi connectivity index (χ4v) is 6.21. The number of rotatable bonds is 11. The monoisotopic (exact) mass is 457 g/mol. The summed E-state index contributed by atoms with van der Waals surface area (Å²) in [6.45, 7) is 0. The van der Waals surface area contributed by atoms with Crippen molar-refractivity contribution in [1.82, 2.24) is 0 Å². The first-order chi connectivity index (χ1) is 15.5. The van der Waals surface area contributed by atoms with Crippen molar-refractivity contribution in [2.75, 3.05) is 7.11 Å². The van der Waals surface area contributed by atoms with E-state index in [0.29, 0.717) is 19.3 Å². The smallest absolute Gasteiger partial charge is 0.305 e. The van der Waals surface area contributed by atoms with Gasteiger partial charge in [-0.05, 0) is 62.3 Å². The van der Waals surface area contributed by atoms with Gasteiger partial charge < -0.3 is 14.9 Å². The van der Waals surface area contributed by atoms with Crippen LogP contribution >= 0.6 is 11.3 Å². The summed E-state index contributed by atoms with van der Waals surface area (Å²) >= 11 is 1.72. The average molecular weight is 458 g/mol. The Labute approximate surface area is 195 Å². The molecule has 2 aliphatic rings. The maximum Gasteiger partial charge on any atom is 0.305 e. The lowest BCUT2D eigenvalue weighted by Gasteiger charge is -2.45. The van der Waals surface area contributed by atoms with Gasteiger partial charge in [0, 0.05) is 22.6 Å². The van der Waals surface area contributed by atoms with E-state index in [2.05, 4.69) is 28.3 Å². The molecule has 174 valence electrons. The van der Waals surface area contributed by atoms with Crippen LogP contribution in [0.4, 0.5) is 0 Å². The first-order valence-electron chi connectivity index (χ1n) is 11.7. The number of hydrogen-bond acceptors (Lipinski definition) is 6. The van der Waals surface area contributed by atoms with Crippen molar-refractivity contribution in [3.8, 4) is 6.07 Å². The maximum atomic E-state index is 11.2. The lowest BCUT2D eigenvalue weighted by Crippen LogP contribution is -2.44. The van der Waals surface area contributed by atoms with E-state index in [0.717, 1.165) is 38.5 Å². The van der Waals surface area contributed by atoms with Crippen LogP contribution in [0.3, 0.4) is 0 Å². The van der Waals surface area contributed by atoms with Gasteiger partial charge in [0.15, 0.2) is 0 Å². The molecule has 0 amide bonds. The fourth-order valence-electron chi connectivity index (χ4n) is 5.18. The maximum absolute atomic E-state index is 11.2. The first kappa shape index (κ1) is 24.7.